The van der Waals surface area contributed by atoms with Crippen molar-refractivity contribution >= 4 is 44.9 Å². The number of rotatable bonds is 3. The van der Waals surface area contributed by atoms with E-state index in [4.69, 9.17) is 4.74 Å². The summed E-state index contributed by atoms with van der Waals surface area (Å²) in [7, 11) is 0. The van der Waals surface area contributed by atoms with Crippen LogP contribution in [0.25, 0.3) is 33.0 Å². The SMILES string of the molecule is CC1(C)c2ccccc2N2c3c1ccc(N(c1ccccc1)c1ccc4c(c1)C1(c5ccccc5-c5ccccc51)c1ccccc1-4)c3Oc1ccc3ccccc3c12. The van der Waals surface area contributed by atoms with Crippen molar-refractivity contribution in [2.45, 2.75) is 24.7 Å². The summed E-state index contributed by atoms with van der Waals surface area (Å²) in [6.07, 6.45) is 0. The summed E-state index contributed by atoms with van der Waals surface area (Å²) in [5.41, 5.74) is 18.8. The van der Waals surface area contributed by atoms with Gasteiger partial charge in [-0.1, -0.05) is 166 Å². The van der Waals surface area contributed by atoms with Crippen LogP contribution < -0.4 is 14.5 Å². The predicted octanol–water partition coefficient (Wildman–Crippen LogP) is 14.9. The Morgan fingerprint density at radius 2 is 1.03 bits per heavy atom. The quantitative estimate of drug-likeness (QED) is 0.179. The largest absolute Gasteiger partial charge is 0.451 e. The van der Waals surface area contributed by atoms with Gasteiger partial charge in [0, 0.05) is 22.2 Å². The van der Waals surface area contributed by atoms with E-state index in [1.807, 2.05) is 0 Å². The van der Waals surface area contributed by atoms with Gasteiger partial charge < -0.3 is 14.5 Å². The molecule has 9 aromatic rings. The van der Waals surface area contributed by atoms with Gasteiger partial charge in [-0.05, 0) is 103 Å². The van der Waals surface area contributed by atoms with Crippen LogP contribution in [0.3, 0.4) is 0 Å². The zero-order valence-electron chi connectivity index (χ0n) is 32.8. The molecular weight excluding hydrogens is 717 g/mol. The van der Waals surface area contributed by atoms with Gasteiger partial charge in [-0.15, -0.1) is 0 Å². The zero-order chi connectivity index (χ0) is 39.0. The average Bonchev–Trinajstić information content (AvgIpc) is 3.75. The van der Waals surface area contributed by atoms with Gasteiger partial charge in [0.05, 0.1) is 28.2 Å². The third kappa shape index (κ3) is 4.11. The van der Waals surface area contributed by atoms with E-state index in [1.54, 1.807) is 0 Å². The van der Waals surface area contributed by atoms with Crippen LogP contribution in [-0.4, -0.2) is 0 Å². The molecule has 0 amide bonds. The number of hydrogen-bond acceptors (Lipinski definition) is 3. The normalized spacial score (nSPS) is 15.0. The molecule has 0 bridgehead atoms. The van der Waals surface area contributed by atoms with Crippen molar-refractivity contribution < 1.29 is 4.74 Å². The molecule has 2 aliphatic heterocycles. The van der Waals surface area contributed by atoms with Crippen LogP contribution in [0.1, 0.15) is 47.2 Å². The summed E-state index contributed by atoms with van der Waals surface area (Å²) in [5.74, 6) is 1.70. The van der Waals surface area contributed by atoms with Gasteiger partial charge in [0.25, 0.3) is 0 Å². The Morgan fingerprint density at radius 1 is 0.441 bits per heavy atom. The molecule has 59 heavy (non-hydrogen) atoms. The number of para-hydroxylation sites is 2. The molecule has 0 N–H and O–H groups in total. The summed E-state index contributed by atoms with van der Waals surface area (Å²) < 4.78 is 7.34. The first-order valence-electron chi connectivity index (χ1n) is 20.6. The van der Waals surface area contributed by atoms with Crippen molar-refractivity contribution in [3.8, 4) is 33.8 Å². The fraction of sp³-hybridized carbons (Fsp3) is 0.0714. The van der Waals surface area contributed by atoms with Gasteiger partial charge in [0.2, 0.25) is 0 Å². The summed E-state index contributed by atoms with van der Waals surface area (Å²) in [4.78, 5) is 4.90. The van der Waals surface area contributed by atoms with Gasteiger partial charge in [-0.2, -0.15) is 0 Å². The highest BCUT2D eigenvalue weighted by molar-refractivity contribution is 6.08. The molecule has 3 heteroatoms. The molecule has 0 saturated heterocycles. The van der Waals surface area contributed by atoms with Crippen molar-refractivity contribution in [1.29, 1.82) is 0 Å². The molecule has 0 fully saturated rings. The number of hydrogen-bond donors (Lipinski definition) is 0. The van der Waals surface area contributed by atoms with E-state index >= 15 is 0 Å². The van der Waals surface area contributed by atoms with Crippen molar-refractivity contribution in [2.75, 3.05) is 9.80 Å². The second-order valence-corrected chi connectivity index (χ2v) is 16.8. The molecule has 3 nitrogen and oxygen atoms in total. The highest BCUT2D eigenvalue weighted by atomic mass is 16.5. The first kappa shape index (κ1) is 32.7. The molecule has 0 saturated carbocycles. The van der Waals surface area contributed by atoms with Crippen molar-refractivity contribution in [3.63, 3.8) is 0 Å². The Morgan fingerprint density at radius 3 is 1.75 bits per heavy atom. The maximum Gasteiger partial charge on any atom is 0.175 e. The van der Waals surface area contributed by atoms with Crippen LogP contribution in [-0.2, 0) is 10.8 Å². The number of ether oxygens (including phenoxy) is 1. The summed E-state index contributed by atoms with van der Waals surface area (Å²) >= 11 is 0. The molecule has 4 aliphatic rings. The Balaban J connectivity index is 1.10. The van der Waals surface area contributed by atoms with Crippen LogP contribution in [0.4, 0.5) is 34.1 Å². The number of anilines is 6. The van der Waals surface area contributed by atoms with Crippen LogP contribution in [0, 0.1) is 0 Å². The van der Waals surface area contributed by atoms with Gasteiger partial charge in [-0.25, -0.2) is 0 Å². The molecule has 0 aromatic heterocycles. The second kappa shape index (κ2) is 11.6. The van der Waals surface area contributed by atoms with Crippen molar-refractivity contribution in [2.24, 2.45) is 0 Å². The third-order valence-electron chi connectivity index (χ3n) is 13.6. The molecule has 0 radical (unpaired) electrons. The lowest BCUT2D eigenvalue weighted by Gasteiger charge is -2.46. The summed E-state index contributed by atoms with van der Waals surface area (Å²) in [6, 6.07) is 71.5. The van der Waals surface area contributed by atoms with Crippen LogP contribution in [0.5, 0.6) is 11.5 Å². The smallest absolute Gasteiger partial charge is 0.175 e. The van der Waals surface area contributed by atoms with Crippen molar-refractivity contribution in [3.05, 3.63) is 228 Å². The highest BCUT2D eigenvalue weighted by Gasteiger charge is 2.52. The van der Waals surface area contributed by atoms with E-state index in [1.165, 1.54) is 72.1 Å². The molecule has 2 aliphatic carbocycles. The first-order chi connectivity index (χ1) is 29.0. The Labute approximate surface area is 344 Å². The van der Waals surface area contributed by atoms with E-state index in [0.29, 0.717) is 0 Å². The predicted molar refractivity (Wildman–Crippen MR) is 242 cm³/mol. The van der Waals surface area contributed by atoms with E-state index in [2.05, 4.69) is 218 Å². The van der Waals surface area contributed by atoms with Crippen LogP contribution in [0.2, 0.25) is 0 Å². The standard InChI is InChI=1S/C56H38N2O/c1-55(2)46-26-14-15-27-49(46)58-52-38-19-7-6-16-35(38)28-33-51(52)59-54-50(32-31-47(55)53(54)58)57(36-17-4-3-5-18-36)37-29-30-42-41-22-10-13-25-45(41)56(48(42)34-37)43-23-11-8-20-39(43)40-21-9-12-24-44(40)56/h3-34H,1-2H3. The first-order valence-corrected chi connectivity index (χ1v) is 20.6. The molecule has 278 valence electrons. The number of fused-ring (bicyclic) bond motifs is 16. The maximum absolute atomic E-state index is 7.34. The minimum atomic E-state index is -0.456. The van der Waals surface area contributed by atoms with Crippen LogP contribution >= 0.6 is 0 Å². The van der Waals surface area contributed by atoms with Crippen LogP contribution in [0.15, 0.2) is 194 Å². The van der Waals surface area contributed by atoms with E-state index in [-0.39, 0.29) is 5.41 Å². The van der Waals surface area contributed by atoms with Gasteiger partial charge in [0.15, 0.2) is 11.5 Å². The lowest BCUT2D eigenvalue weighted by Crippen LogP contribution is -2.33. The summed E-state index contributed by atoms with van der Waals surface area (Å²) in [5, 5.41) is 2.36. The highest BCUT2D eigenvalue weighted by Crippen LogP contribution is 2.66. The van der Waals surface area contributed by atoms with Gasteiger partial charge in [0.1, 0.15) is 0 Å². The maximum atomic E-state index is 7.34. The minimum Gasteiger partial charge on any atom is -0.451 e. The topological polar surface area (TPSA) is 15.7 Å². The molecule has 0 atom stereocenters. The van der Waals surface area contributed by atoms with Gasteiger partial charge >= 0.3 is 0 Å². The number of benzene rings is 9. The summed E-state index contributed by atoms with van der Waals surface area (Å²) in [6.45, 7) is 4.70. The van der Waals surface area contributed by atoms with E-state index in [0.717, 1.165) is 39.9 Å². The molecule has 1 spiro atoms. The lowest BCUT2D eigenvalue weighted by molar-refractivity contribution is 0.473. The molecule has 2 heterocycles. The Kier molecular flexibility index (Phi) is 6.44. The Hall–Kier alpha value is -7.36. The fourth-order valence-electron chi connectivity index (χ4n) is 11.1. The van der Waals surface area contributed by atoms with E-state index in [9.17, 15) is 0 Å². The monoisotopic (exact) mass is 754 g/mol. The molecule has 0 unspecified atom stereocenters. The molecular formula is C56H38N2O. The van der Waals surface area contributed by atoms with Crippen molar-refractivity contribution in [1.82, 2.24) is 0 Å². The molecule has 13 rings (SSSR count). The fourth-order valence-corrected chi connectivity index (χ4v) is 11.1. The number of nitrogens with zero attached hydrogens (tertiary/aromatic N) is 2. The molecule has 9 aromatic carbocycles. The van der Waals surface area contributed by atoms with E-state index < -0.39 is 5.41 Å². The Bertz CT molecular complexity index is 3190. The second-order valence-electron chi connectivity index (χ2n) is 16.8. The average molecular weight is 755 g/mol. The minimum absolute atomic E-state index is 0.270. The lowest BCUT2D eigenvalue weighted by atomic mass is 9.70. The zero-order valence-corrected chi connectivity index (χ0v) is 32.8. The third-order valence-corrected chi connectivity index (χ3v) is 13.6. The van der Waals surface area contributed by atoms with Gasteiger partial charge in [-0.3, -0.25) is 0 Å².